The number of aromatic nitrogens is 1. The van der Waals surface area contributed by atoms with Gasteiger partial charge in [-0.2, -0.15) is 4.99 Å². The summed E-state index contributed by atoms with van der Waals surface area (Å²) >= 11 is 0. The molecule has 3 aromatic rings. The molecule has 2 fully saturated rings. The lowest BCUT2D eigenvalue weighted by Gasteiger charge is -2.34. The lowest BCUT2D eigenvalue weighted by atomic mass is 10.1. The summed E-state index contributed by atoms with van der Waals surface area (Å²) in [5.74, 6) is 0.527. The molecule has 9 heteroatoms. The van der Waals surface area contributed by atoms with Gasteiger partial charge in [0.2, 0.25) is 5.69 Å². The van der Waals surface area contributed by atoms with Gasteiger partial charge in [0, 0.05) is 69.2 Å². The summed E-state index contributed by atoms with van der Waals surface area (Å²) in [5.41, 5.74) is 3.58. The highest BCUT2D eigenvalue weighted by Crippen LogP contribution is 2.30. The van der Waals surface area contributed by atoms with E-state index in [4.69, 9.17) is 9.47 Å². The van der Waals surface area contributed by atoms with Crippen LogP contribution >= 0.6 is 0 Å². The highest BCUT2D eigenvalue weighted by Gasteiger charge is 2.21. The van der Waals surface area contributed by atoms with Gasteiger partial charge in [-0.1, -0.05) is 0 Å². The number of likely N-dealkylation sites (N-methyl/N-ethyl adjacent to an activating group) is 1. The Labute approximate surface area is 204 Å². The second-order valence-electron chi connectivity index (χ2n) is 9.03. The van der Waals surface area contributed by atoms with Crippen molar-refractivity contribution in [2.24, 2.45) is 0 Å². The number of ether oxygens (including phenoxy) is 2. The van der Waals surface area contributed by atoms with E-state index in [0.29, 0.717) is 22.3 Å². The number of hydrogen-bond acceptors (Lipinski definition) is 6. The molecule has 0 spiro atoms. The summed E-state index contributed by atoms with van der Waals surface area (Å²) in [6.07, 6.45) is 0. The number of pyridine rings is 1. The molecule has 0 atom stereocenters. The summed E-state index contributed by atoms with van der Waals surface area (Å²) in [6.45, 7) is 6.73. The molecule has 3 N–H and O–H groups in total. The number of fused-ring (bicyclic) bond motifs is 1. The van der Waals surface area contributed by atoms with Crippen molar-refractivity contribution in [3.63, 3.8) is 0 Å². The molecular weight excluding hydrogens is 446 g/mol. The minimum Gasteiger partial charge on any atom is -0.497 e. The first kappa shape index (κ1) is 23.2. The van der Waals surface area contributed by atoms with Crippen molar-refractivity contribution in [2.45, 2.75) is 0 Å². The molecule has 35 heavy (non-hydrogen) atoms. The van der Waals surface area contributed by atoms with Gasteiger partial charge in [0.05, 0.1) is 36.9 Å². The van der Waals surface area contributed by atoms with Gasteiger partial charge in [-0.05, 0) is 25.2 Å². The third-order valence-electron chi connectivity index (χ3n) is 6.73. The van der Waals surface area contributed by atoms with Gasteiger partial charge in [0.15, 0.2) is 11.1 Å². The molecule has 0 aliphatic carbocycles. The van der Waals surface area contributed by atoms with Crippen molar-refractivity contribution in [1.29, 1.82) is 0 Å². The molecular formula is C26H32N5O4+. The van der Waals surface area contributed by atoms with Gasteiger partial charge in [0.1, 0.15) is 5.75 Å². The van der Waals surface area contributed by atoms with Crippen LogP contribution in [0.2, 0.25) is 0 Å². The second kappa shape index (κ2) is 9.97. The lowest BCUT2D eigenvalue weighted by molar-refractivity contribution is -0.364. The molecule has 1 aromatic heterocycles. The summed E-state index contributed by atoms with van der Waals surface area (Å²) in [5, 5.41) is 11.4. The summed E-state index contributed by atoms with van der Waals surface area (Å²) in [6, 6.07) is 13.0. The van der Waals surface area contributed by atoms with Crippen LogP contribution in [-0.4, -0.2) is 87.5 Å². The Morgan fingerprint density at radius 2 is 1.71 bits per heavy atom. The molecule has 2 aliphatic heterocycles. The molecule has 2 aliphatic rings. The molecule has 0 saturated carbocycles. The molecule has 0 radical (unpaired) electrons. The van der Waals surface area contributed by atoms with E-state index >= 15 is 0 Å². The van der Waals surface area contributed by atoms with Crippen LogP contribution in [0.15, 0.2) is 47.3 Å². The van der Waals surface area contributed by atoms with Crippen LogP contribution in [0.1, 0.15) is 5.69 Å². The Balaban J connectivity index is 1.48. The molecule has 2 aromatic carbocycles. The number of aromatic amines is 1. The molecule has 2 saturated heterocycles. The maximum absolute atomic E-state index is 13.1. The number of H-pyrrole nitrogens is 1. The number of morpholine rings is 1. The minimum atomic E-state index is -0.181. The van der Waals surface area contributed by atoms with E-state index in [2.05, 4.69) is 31.7 Å². The van der Waals surface area contributed by atoms with Gasteiger partial charge in [0.25, 0.3) is 0 Å². The number of benzene rings is 2. The highest BCUT2D eigenvalue weighted by molar-refractivity contribution is 5.96. The minimum absolute atomic E-state index is 0.108. The van der Waals surface area contributed by atoms with E-state index in [1.165, 1.54) is 6.07 Å². The van der Waals surface area contributed by atoms with Crippen molar-refractivity contribution in [1.82, 2.24) is 9.88 Å². The van der Waals surface area contributed by atoms with Gasteiger partial charge in [-0.25, -0.2) is 0 Å². The van der Waals surface area contributed by atoms with E-state index in [-0.39, 0.29) is 11.3 Å². The van der Waals surface area contributed by atoms with Crippen LogP contribution in [0.3, 0.4) is 0 Å². The summed E-state index contributed by atoms with van der Waals surface area (Å²) < 4.78 is 10.9. The molecule has 0 unspecified atom stereocenters. The number of methoxy groups -OCH3 is 1. The van der Waals surface area contributed by atoms with Crippen molar-refractivity contribution in [3.8, 4) is 5.75 Å². The predicted octanol–water partition coefficient (Wildman–Crippen LogP) is 0.842. The van der Waals surface area contributed by atoms with Crippen LogP contribution in [0.4, 0.5) is 17.1 Å². The van der Waals surface area contributed by atoms with Crippen LogP contribution in [-0.2, 0) is 4.74 Å². The number of nitrogens with zero attached hydrogens (tertiary/aromatic N) is 3. The number of nitrogens with one attached hydrogen (secondary N) is 2. The molecule has 0 bridgehead atoms. The molecule has 184 valence electrons. The smallest absolute Gasteiger partial charge is 0.388 e. The van der Waals surface area contributed by atoms with Gasteiger partial charge >= 0.3 is 5.90 Å². The van der Waals surface area contributed by atoms with Crippen LogP contribution in [0.5, 0.6) is 5.75 Å². The molecule has 9 nitrogen and oxygen atoms in total. The maximum Gasteiger partial charge on any atom is 0.388 e. The monoisotopic (exact) mass is 478 g/mol. The number of aliphatic hydroxyl groups is 1. The first-order valence-electron chi connectivity index (χ1n) is 12.0. The highest BCUT2D eigenvalue weighted by atomic mass is 16.5. The first-order chi connectivity index (χ1) is 17.0. The summed E-state index contributed by atoms with van der Waals surface area (Å²) in [4.78, 5) is 26.2. The average molecular weight is 479 g/mol. The number of hydrogen-bond donors (Lipinski definition) is 3. The van der Waals surface area contributed by atoms with Crippen molar-refractivity contribution in [3.05, 3.63) is 58.4 Å². The fraction of sp³-hybridized carbons (Fsp3) is 0.385. The fourth-order valence-corrected chi connectivity index (χ4v) is 4.63. The maximum atomic E-state index is 13.1. The van der Waals surface area contributed by atoms with E-state index in [1.807, 2.05) is 30.3 Å². The topological polar surface area (TPSA) is 95.2 Å². The number of aliphatic hydroxyl groups excluding tert-OH is 1. The molecule has 3 heterocycles. The Bertz CT molecular complexity index is 1270. The van der Waals surface area contributed by atoms with E-state index < -0.39 is 0 Å². The Kier molecular flexibility index (Phi) is 6.61. The standard InChI is InChI=1S/C26H31N5O4/c1-29-7-9-31(10-8-29)23-16-20(34-2)15-21-24(32)17-22(28-25(21)23)26(33)27-18-3-5-19(6-4-18)30-11-13-35-14-12-30/h3-6,15-17H,7-14H2,1-2H3,(H,27,33)(H,28,32)/p+1. The van der Waals surface area contributed by atoms with Crippen molar-refractivity contribution < 1.29 is 19.6 Å². The van der Waals surface area contributed by atoms with Crippen molar-refractivity contribution >= 4 is 33.9 Å². The first-order valence-corrected chi connectivity index (χ1v) is 12.0. The largest absolute Gasteiger partial charge is 0.497 e. The zero-order chi connectivity index (χ0) is 24.4. The second-order valence-corrected chi connectivity index (χ2v) is 9.03. The van der Waals surface area contributed by atoms with E-state index in [9.17, 15) is 9.90 Å². The third kappa shape index (κ3) is 4.96. The van der Waals surface area contributed by atoms with Gasteiger partial charge in [-0.3, -0.25) is 4.79 Å². The van der Waals surface area contributed by atoms with Gasteiger partial charge < -0.3 is 34.3 Å². The molecule has 0 amide bonds. The lowest BCUT2D eigenvalue weighted by Crippen LogP contribution is -2.67. The van der Waals surface area contributed by atoms with Crippen LogP contribution in [0, 0.1) is 0 Å². The Morgan fingerprint density at radius 1 is 1.00 bits per heavy atom. The molecule has 5 rings (SSSR count). The number of anilines is 2. The zero-order valence-electron chi connectivity index (χ0n) is 20.2. The quantitative estimate of drug-likeness (QED) is 0.370. The van der Waals surface area contributed by atoms with E-state index in [1.54, 1.807) is 13.2 Å². The van der Waals surface area contributed by atoms with Crippen LogP contribution < -0.4 is 25.0 Å². The van der Waals surface area contributed by atoms with Crippen molar-refractivity contribution in [2.75, 3.05) is 76.4 Å². The van der Waals surface area contributed by atoms with Gasteiger partial charge in [-0.15, -0.1) is 0 Å². The normalized spacial score (nSPS) is 17.7. The Morgan fingerprint density at radius 3 is 2.40 bits per heavy atom. The zero-order valence-corrected chi connectivity index (χ0v) is 20.2. The third-order valence-corrected chi connectivity index (χ3v) is 6.73. The summed E-state index contributed by atoms with van der Waals surface area (Å²) in [7, 11) is 3.71. The average Bonchev–Trinajstić information content (AvgIpc) is 2.89. The van der Waals surface area contributed by atoms with Crippen LogP contribution in [0.25, 0.3) is 10.9 Å². The predicted molar refractivity (Wildman–Crippen MR) is 138 cm³/mol. The number of rotatable bonds is 5. The Hall–Kier alpha value is -3.56. The number of piperazine rings is 1. The SMILES string of the molecule is COc1cc(N2CCN(C)CC2)c2[nH]c(C(O)=[NH+]c3ccc(N4CCOCC4)cc3)cc(=O)c2c1. The fourth-order valence-electron chi connectivity index (χ4n) is 4.63. The van der Waals surface area contributed by atoms with E-state index in [0.717, 1.165) is 69.5 Å².